The van der Waals surface area contributed by atoms with E-state index in [-0.39, 0.29) is 11.1 Å². The second-order valence-corrected chi connectivity index (χ2v) is 3.81. The van der Waals surface area contributed by atoms with Crippen LogP contribution in [0.15, 0.2) is 21.2 Å². The molecule has 6 heteroatoms. The summed E-state index contributed by atoms with van der Waals surface area (Å²) in [4.78, 5) is 0. The lowest BCUT2D eigenvalue weighted by atomic mass is 10.1. The number of hydrogen-bond donors (Lipinski definition) is 2. The molecule has 0 saturated heterocycles. The summed E-state index contributed by atoms with van der Waals surface area (Å²) in [7, 11) is 0. The van der Waals surface area contributed by atoms with Crippen molar-refractivity contribution in [3.05, 3.63) is 21.2 Å². The van der Waals surface area contributed by atoms with Gasteiger partial charge in [-0.05, 0) is 12.5 Å². The van der Waals surface area contributed by atoms with Crippen molar-refractivity contribution >= 4 is 23.5 Å². The Hall–Kier alpha value is -1.24. The van der Waals surface area contributed by atoms with Crippen molar-refractivity contribution in [2.24, 2.45) is 11.5 Å². The Balaban J connectivity index is 5.49. The molecule has 0 aliphatic rings. The minimum atomic E-state index is 0.145. The molecule has 0 heterocycles. The minimum absolute atomic E-state index is 0.145. The third kappa shape index (κ3) is 2.91. The van der Waals surface area contributed by atoms with Crippen molar-refractivity contribution in [3.63, 3.8) is 0 Å². The Bertz CT molecular complexity index is 321. The Labute approximate surface area is 91.6 Å². The summed E-state index contributed by atoms with van der Waals surface area (Å²) in [5.41, 5.74) is 11.4. The minimum Gasteiger partial charge on any atom is -0.392 e. The van der Waals surface area contributed by atoms with Crippen molar-refractivity contribution in [2.45, 2.75) is 0 Å². The zero-order valence-corrected chi connectivity index (χ0v) is 9.50. The third-order valence-corrected chi connectivity index (χ3v) is 2.69. The van der Waals surface area contributed by atoms with Gasteiger partial charge in [-0.3, -0.25) is 0 Å². The lowest BCUT2D eigenvalue weighted by Gasteiger charge is -2.03. The summed E-state index contributed by atoms with van der Waals surface area (Å²) in [6.45, 7) is 0. The fraction of sp³-hybridized carbons (Fsp3) is 0.250. The zero-order chi connectivity index (χ0) is 11.1. The zero-order valence-electron chi connectivity index (χ0n) is 7.87. The number of nitriles is 2. The number of allylic oxidation sites excluding steroid dienone is 2. The quantitative estimate of drug-likeness (QED) is 0.552. The van der Waals surface area contributed by atoms with Gasteiger partial charge in [0, 0.05) is 0 Å². The molecular formula is C8H10N4S2. The topological polar surface area (TPSA) is 99.6 Å². The van der Waals surface area contributed by atoms with Crippen LogP contribution in [0.5, 0.6) is 0 Å². The van der Waals surface area contributed by atoms with Crippen molar-refractivity contribution in [1.82, 2.24) is 0 Å². The molecule has 0 bridgehead atoms. The second-order valence-electron chi connectivity index (χ2n) is 2.11. The maximum absolute atomic E-state index is 8.82. The maximum atomic E-state index is 8.82. The highest BCUT2D eigenvalue weighted by molar-refractivity contribution is 8.02. The van der Waals surface area contributed by atoms with Gasteiger partial charge in [0.1, 0.15) is 23.3 Å². The van der Waals surface area contributed by atoms with Gasteiger partial charge in [0.05, 0.1) is 10.1 Å². The predicted molar refractivity (Wildman–Crippen MR) is 60.7 cm³/mol. The number of hydrogen-bond acceptors (Lipinski definition) is 6. The molecule has 0 rings (SSSR count). The first-order valence-corrected chi connectivity index (χ1v) is 5.95. The van der Waals surface area contributed by atoms with Crippen LogP contribution in [-0.2, 0) is 0 Å². The monoisotopic (exact) mass is 226 g/mol. The number of nitrogens with zero attached hydrogens (tertiary/aromatic N) is 2. The van der Waals surface area contributed by atoms with Crippen LogP contribution < -0.4 is 11.5 Å². The van der Waals surface area contributed by atoms with Crippen LogP contribution in [0, 0.1) is 22.7 Å². The van der Waals surface area contributed by atoms with Crippen molar-refractivity contribution in [3.8, 4) is 12.1 Å². The molecule has 74 valence electrons. The second kappa shape index (κ2) is 6.25. The Morgan fingerprint density at radius 2 is 1.21 bits per heavy atom. The lowest BCUT2D eigenvalue weighted by Crippen LogP contribution is -2.04. The van der Waals surface area contributed by atoms with Gasteiger partial charge in [-0.1, -0.05) is 0 Å². The number of nitrogens with two attached hydrogens (primary N) is 2. The van der Waals surface area contributed by atoms with Gasteiger partial charge in [-0.25, -0.2) is 0 Å². The van der Waals surface area contributed by atoms with E-state index in [9.17, 15) is 0 Å². The third-order valence-electron chi connectivity index (χ3n) is 1.41. The normalized spacial score (nSPS) is 13.4. The van der Waals surface area contributed by atoms with E-state index in [1.165, 1.54) is 23.5 Å². The molecule has 0 amide bonds. The Morgan fingerprint density at radius 1 is 0.929 bits per heavy atom. The van der Waals surface area contributed by atoms with E-state index in [2.05, 4.69) is 0 Å². The first-order valence-electron chi connectivity index (χ1n) is 3.50. The molecule has 0 aromatic carbocycles. The van der Waals surface area contributed by atoms with Gasteiger partial charge >= 0.3 is 0 Å². The van der Waals surface area contributed by atoms with Crippen LogP contribution >= 0.6 is 23.5 Å². The molecule has 0 aliphatic carbocycles. The van der Waals surface area contributed by atoms with Crippen LogP contribution in [0.4, 0.5) is 0 Å². The van der Waals surface area contributed by atoms with E-state index in [0.29, 0.717) is 10.1 Å². The van der Waals surface area contributed by atoms with Crippen LogP contribution in [0.2, 0.25) is 0 Å². The molecule has 0 aliphatic heterocycles. The van der Waals surface area contributed by atoms with Crippen molar-refractivity contribution < 1.29 is 0 Å². The number of thioether (sulfide) groups is 2. The Kier molecular flexibility index (Phi) is 5.70. The highest BCUT2D eigenvalue weighted by Crippen LogP contribution is 2.22. The van der Waals surface area contributed by atoms with Crippen molar-refractivity contribution in [2.75, 3.05) is 12.5 Å². The molecule has 0 spiro atoms. The summed E-state index contributed by atoms with van der Waals surface area (Å²) >= 11 is 2.43. The molecule has 4 N–H and O–H groups in total. The molecule has 4 nitrogen and oxygen atoms in total. The average Bonchev–Trinajstić information content (AvgIpc) is 2.23. The largest absolute Gasteiger partial charge is 0.392 e. The highest BCUT2D eigenvalue weighted by Gasteiger charge is 2.12. The van der Waals surface area contributed by atoms with Crippen molar-refractivity contribution in [1.29, 1.82) is 10.5 Å². The molecule has 0 atom stereocenters. The number of rotatable bonds is 3. The van der Waals surface area contributed by atoms with Gasteiger partial charge < -0.3 is 11.5 Å². The molecule has 0 fully saturated rings. The highest BCUT2D eigenvalue weighted by atomic mass is 32.2. The predicted octanol–water partition coefficient (Wildman–Crippen LogP) is 1.10. The smallest absolute Gasteiger partial charge is 0.103 e. The summed E-state index contributed by atoms with van der Waals surface area (Å²) in [5, 5.41) is 18.3. The fourth-order valence-electron chi connectivity index (χ4n) is 0.673. The molecule has 0 unspecified atom stereocenters. The van der Waals surface area contributed by atoms with E-state index in [0.717, 1.165) is 0 Å². The SMILES string of the molecule is CSC(N)=C(C#N)C(C#N)=C(N)SC. The maximum Gasteiger partial charge on any atom is 0.103 e. The molecule has 0 saturated carbocycles. The van der Waals surface area contributed by atoms with Gasteiger partial charge in [0.25, 0.3) is 0 Å². The summed E-state index contributed by atoms with van der Waals surface area (Å²) in [5.74, 6) is 0. The molecular weight excluding hydrogens is 216 g/mol. The standard InChI is InChI=1S/C8H10N4S2/c1-13-7(11)5(3-9)6(4-10)8(12)14-2/h11-12H2,1-2H3. The van der Waals surface area contributed by atoms with E-state index in [1.807, 2.05) is 12.1 Å². The van der Waals surface area contributed by atoms with E-state index in [1.54, 1.807) is 12.5 Å². The Morgan fingerprint density at radius 3 is 1.36 bits per heavy atom. The van der Waals surface area contributed by atoms with E-state index < -0.39 is 0 Å². The first kappa shape index (κ1) is 12.8. The average molecular weight is 226 g/mol. The molecule has 0 aromatic rings. The van der Waals surface area contributed by atoms with E-state index in [4.69, 9.17) is 22.0 Å². The van der Waals surface area contributed by atoms with Gasteiger partial charge in [0.2, 0.25) is 0 Å². The molecule has 14 heavy (non-hydrogen) atoms. The van der Waals surface area contributed by atoms with Crippen LogP contribution in [0.25, 0.3) is 0 Å². The summed E-state index contributed by atoms with van der Waals surface area (Å²) < 4.78 is 0. The lowest BCUT2D eigenvalue weighted by molar-refractivity contribution is 1.35. The van der Waals surface area contributed by atoms with Gasteiger partial charge in [-0.15, -0.1) is 23.5 Å². The fourth-order valence-corrected chi connectivity index (χ4v) is 1.38. The van der Waals surface area contributed by atoms with Gasteiger partial charge in [-0.2, -0.15) is 10.5 Å². The first-order chi connectivity index (χ1) is 6.62. The van der Waals surface area contributed by atoms with Gasteiger partial charge in [0.15, 0.2) is 0 Å². The summed E-state index contributed by atoms with van der Waals surface area (Å²) in [6.07, 6.45) is 3.47. The van der Waals surface area contributed by atoms with Crippen LogP contribution in [0.1, 0.15) is 0 Å². The molecule has 0 aromatic heterocycles. The summed E-state index contributed by atoms with van der Waals surface area (Å²) in [6, 6.07) is 3.76. The van der Waals surface area contributed by atoms with Crippen LogP contribution in [0.3, 0.4) is 0 Å². The van der Waals surface area contributed by atoms with E-state index >= 15 is 0 Å². The van der Waals surface area contributed by atoms with Crippen LogP contribution in [-0.4, -0.2) is 12.5 Å². The molecule has 0 radical (unpaired) electrons.